The molecule has 2 aromatic heterocycles. The van der Waals surface area contributed by atoms with Gasteiger partial charge in [-0.25, -0.2) is 4.98 Å². The third-order valence-electron chi connectivity index (χ3n) is 3.44. The molecule has 0 aliphatic carbocycles. The molecule has 1 aliphatic heterocycles. The van der Waals surface area contributed by atoms with Crippen LogP contribution in [-0.2, 0) is 15.8 Å². The van der Waals surface area contributed by atoms with Crippen molar-refractivity contribution in [1.82, 2.24) is 19.5 Å². The zero-order valence-electron chi connectivity index (χ0n) is 11.3. The molecule has 0 radical (unpaired) electrons. The summed E-state index contributed by atoms with van der Waals surface area (Å²) in [6.07, 6.45) is 0.878. The van der Waals surface area contributed by atoms with Crippen LogP contribution in [-0.4, -0.2) is 41.3 Å². The molecule has 2 atom stereocenters. The second kappa shape index (κ2) is 5.03. The minimum Gasteiger partial charge on any atom is -0.369 e. The lowest BCUT2D eigenvalue weighted by Crippen LogP contribution is -2.19. The van der Waals surface area contributed by atoms with E-state index in [-0.39, 0.29) is 30.1 Å². The molecule has 0 bridgehead atoms. The Hall–Kier alpha value is -2.00. The number of nitrogen functional groups attached to an aromatic ring is 1. The fourth-order valence-electron chi connectivity index (χ4n) is 2.34. The van der Waals surface area contributed by atoms with Gasteiger partial charge in [0, 0.05) is 6.42 Å². The first-order valence-corrected chi connectivity index (χ1v) is 8.03. The maximum Gasteiger partial charge on any atom is 0.354 e. The number of fused-ring (bicyclic) bond motifs is 1. The first-order valence-electron chi connectivity index (χ1n) is 6.34. The highest BCUT2D eigenvalue weighted by Gasteiger charge is 2.40. The average molecular weight is 327 g/mol. The Bertz CT molecular complexity index is 852. The molecule has 118 valence electrons. The Balaban J connectivity index is 1.90. The number of aromatic nitrogens is 4. The number of hydrogen-bond acceptors (Lipinski definition) is 6. The van der Waals surface area contributed by atoms with Gasteiger partial charge in [-0.1, -0.05) is 6.58 Å². The Kier molecular flexibility index (Phi) is 3.41. The van der Waals surface area contributed by atoms with E-state index in [1.165, 1.54) is 6.33 Å². The van der Waals surface area contributed by atoms with Gasteiger partial charge in [0.1, 0.15) is 0 Å². The second-order valence-corrected chi connectivity index (χ2v) is 6.81. The highest BCUT2D eigenvalue weighted by molar-refractivity contribution is 7.52. The number of H-pyrrole nitrogens is 1. The number of anilines is 1. The molecule has 3 rings (SSSR count). The van der Waals surface area contributed by atoms with Crippen molar-refractivity contribution in [2.24, 2.45) is 0 Å². The number of aromatic amines is 1. The SMILES string of the molecule is C=C1C[C@H](P(=O)(O)O)O[C@H]1Cn1cnc2c(=O)[nH]c(N)nc21. The minimum atomic E-state index is -4.34. The van der Waals surface area contributed by atoms with Crippen molar-refractivity contribution in [3.63, 3.8) is 0 Å². The highest BCUT2D eigenvalue weighted by atomic mass is 31.2. The lowest BCUT2D eigenvalue weighted by Gasteiger charge is -2.15. The molecule has 0 saturated carbocycles. The molecule has 0 amide bonds. The van der Waals surface area contributed by atoms with E-state index in [4.69, 9.17) is 10.5 Å². The van der Waals surface area contributed by atoms with E-state index >= 15 is 0 Å². The van der Waals surface area contributed by atoms with Crippen molar-refractivity contribution in [3.05, 3.63) is 28.8 Å². The number of nitrogens with zero attached hydrogens (tertiary/aromatic N) is 3. The van der Waals surface area contributed by atoms with Gasteiger partial charge in [0.25, 0.3) is 5.56 Å². The molecule has 0 spiro atoms. The summed E-state index contributed by atoms with van der Waals surface area (Å²) in [7, 11) is -4.34. The van der Waals surface area contributed by atoms with E-state index in [1.54, 1.807) is 4.57 Å². The van der Waals surface area contributed by atoms with E-state index < -0.39 is 25.1 Å². The number of imidazole rings is 1. The molecular weight excluding hydrogens is 313 g/mol. The average Bonchev–Trinajstić information content (AvgIpc) is 2.95. The van der Waals surface area contributed by atoms with Crippen LogP contribution in [0, 0.1) is 0 Å². The fraction of sp³-hybridized carbons (Fsp3) is 0.364. The van der Waals surface area contributed by atoms with E-state index in [0.29, 0.717) is 5.57 Å². The Morgan fingerprint density at radius 3 is 2.95 bits per heavy atom. The summed E-state index contributed by atoms with van der Waals surface area (Å²) in [6.45, 7) is 3.96. The van der Waals surface area contributed by atoms with Crippen LogP contribution < -0.4 is 11.3 Å². The van der Waals surface area contributed by atoms with Gasteiger partial charge in [-0.05, 0) is 5.57 Å². The van der Waals surface area contributed by atoms with Crippen molar-refractivity contribution in [1.29, 1.82) is 0 Å². The van der Waals surface area contributed by atoms with Gasteiger partial charge in [-0.3, -0.25) is 14.3 Å². The molecule has 11 heteroatoms. The van der Waals surface area contributed by atoms with Gasteiger partial charge in [-0.2, -0.15) is 4.98 Å². The van der Waals surface area contributed by atoms with Crippen LogP contribution >= 0.6 is 7.60 Å². The molecule has 10 nitrogen and oxygen atoms in total. The largest absolute Gasteiger partial charge is 0.369 e. The van der Waals surface area contributed by atoms with Gasteiger partial charge in [0.05, 0.1) is 19.0 Å². The molecule has 3 heterocycles. The topological polar surface area (TPSA) is 156 Å². The summed E-state index contributed by atoms with van der Waals surface area (Å²) in [6, 6.07) is 0. The monoisotopic (exact) mass is 327 g/mol. The van der Waals surface area contributed by atoms with Crippen molar-refractivity contribution < 1.29 is 19.1 Å². The summed E-state index contributed by atoms with van der Waals surface area (Å²) in [4.78, 5) is 40.4. The summed E-state index contributed by atoms with van der Waals surface area (Å²) in [5.41, 5.74) is 6.02. The molecular formula is C11H14N5O5P. The van der Waals surface area contributed by atoms with Gasteiger partial charge in [0.15, 0.2) is 17.0 Å². The van der Waals surface area contributed by atoms with Crippen molar-refractivity contribution in [2.75, 3.05) is 5.73 Å². The Morgan fingerprint density at radius 2 is 2.32 bits per heavy atom. The zero-order valence-corrected chi connectivity index (χ0v) is 12.2. The number of ether oxygens (including phenoxy) is 1. The molecule has 0 unspecified atom stereocenters. The first-order chi connectivity index (χ1) is 10.3. The van der Waals surface area contributed by atoms with E-state index in [0.717, 1.165) is 0 Å². The van der Waals surface area contributed by atoms with Crippen molar-refractivity contribution >= 4 is 24.7 Å². The summed E-state index contributed by atoms with van der Waals surface area (Å²) in [5, 5.41) is 0. The van der Waals surface area contributed by atoms with Crippen LogP contribution in [0.25, 0.3) is 11.2 Å². The van der Waals surface area contributed by atoms with Crippen LogP contribution in [0.1, 0.15) is 6.42 Å². The van der Waals surface area contributed by atoms with Gasteiger partial charge < -0.3 is 24.8 Å². The number of nitrogens with two attached hydrogens (primary N) is 1. The van der Waals surface area contributed by atoms with Crippen LogP contribution in [0.3, 0.4) is 0 Å². The third kappa shape index (κ3) is 2.57. The minimum absolute atomic E-state index is 0.0430. The lowest BCUT2D eigenvalue weighted by molar-refractivity contribution is 0.0717. The maximum atomic E-state index is 11.7. The van der Waals surface area contributed by atoms with Crippen LogP contribution in [0.2, 0.25) is 0 Å². The van der Waals surface area contributed by atoms with Crippen molar-refractivity contribution in [3.8, 4) is 0 Å². The molecule has 22 heavy (non-hydrogen) atoms. The van der Waals surface area contributed by atoms with E-state index in [2.05, 4.69) is 21.5 Å². The quantitative estimate of drug-likeness (QED) is 0.436. The van der Waals surface area contributed by atoms with E-state index in [1.807, 2.05) is 0 Å². The number of hydrogen-bond donors (Lipinski definition) is 4. The van der Waals surface area contributed by atoms with Gasteiger partial charge in [-0.15, -0.1) is 0 Å². The van der Waals surface area contributed by atoms with E-state index in [9.17, 15) is 19.1 Å². The molecule has 0 aromatic carbocycles. The van der Waals surface area contributed by atoms with Crippen LogP contribution in [0.5, 0.6) is 0 Å². The molecule has 2 aromatic rings. The zero-order chi connectivity index (χ0) is 16.1. The highest BCUT2D eigenvalue weighted by Crippen LogP contribution is 2.49. The predicted molar refractivity (Wildman–Crippen MR) is 77.0 cm³/mol. The Labute approximate surface area is 123 Å². The lowest BCUT2D eigenvalue weighted by atomic mass is 10.1. The van der Waals surface area contributed by atoms with Crippen molar-refractivity contribution in [2.45, 2.75) is 24.9 Å². The fourth-order valence-corrected chi connectivity index (χ4v) is 3.12. The number of nitrogens with one attached hydrogen (secondary N) is 1. The maximum absolute atomic E-state index is 11.7. The predicted octanol–water partition coefficient (Wildman–Crippen LogP) is -0.449. The standard InChI is InChI=1S/C11H14N5O5P/c1-5-2-7(22(18,19)20)21-6(5)3-16-4-13-8-9(16)14-11(12)15-10(8)17/h4,6-7H,1-3H2,(H2,18,19,20)(H3,12,14,15,17)/t6-,7-/m0/s1. The smallest absolute Gasteiger partial charge is 0.354 e. The first kappa shape index (κ1) is 14.9. The number of rotatable bonds is 3. The second-order valence-electron chi connectivity index (χ2n) is 5.05. The van der Waals surface area contributed by atoms with Gasteiger partial charge >= 0.3 is 7.60 Å². The van der Waals surface area contributed by atoms with Gasteiger partial charge in [0.2, 0.25) is 5.95 Å². The molecule has 1 saturated heterocycles. The van der Waals surface area contributed by atoms with Crippen LogP contribution in [0.4, 0.5) is 5.95 Å². The Morgan fingerprint density at radius 1 is 1.59 bits per heavy atom. The molecule has 1 fully saturated rings. The normalized spacial score (nSPS) is 22.5. The summed E-state index contributed by atoms with van der Waals surface area (Å²) in [5.74, 6) is -1.24. The molecule has 1 aliphatic rings. The molecule has 5 N–H and O–H groups in total. The summed E-state index contributed by atoms with van der Waals surface area (Å²) < 4.78 is 18.2. The van der Waals surface area contributed by atoms with Crippen LogP contribution in [0.15, 0.2) is 23.3 Å². The summed E-state index contributed by atoms with van der Waals surface area (Å²) >= 11 is 0. The third-order valence-corrected chi connectivity index (χ3v) is 4.50.